The van der Waals surface area contributed by atoms with Crippen LogP contribution in [0.4, 0.5) is 4.79 Å². The van der Waals surface area contributed by atoms with Crippen molar-refractivity contribution in [3.05, 3.63) is 59.7 Å². The SMILES string of the molecule is CC1CN(C(=O)C2(NC(=O)OCC3c4ccccc4-c4ccccc43)CCCC2)CC1CC(=O)O. The highest BCUT2D eigenvalue weighted by atomic mass is 16.5. The summed E-state index contributed by atoms with van der Waals surface area (Å²) in [5.41, 5.74) is 3.64. The molecule has 5 rings (SSSR count). The molecule has 0 bridgehead atoms. The van der Waals surface area contributed by atoms with Gasteiger partial charge in [-0.25, -0.2) is 4.79 Å². The fourth-order valence-corrected chi connectivity index (χ4v) is 6.19. The van der Waals surface area contributed by atoms with Crippen molar-refractivity contribution in [3.63, 3.8) is 0 Å². The molecule has 7 heteroatoms. The number of nitrogens with zero attached hydrogens (tertiary/aromatic N) is 1. The van der Waals surface area contributed by atoms with Gasteiger partial charge in [-0.15, -0.1) is 0 Å². The van der Waals surface area contributed by atoms with Crippen LogP contribution in [0.5, 0.6) is 0 Å². The minimum atomic E-state index is -0.972. The number of carboxylic acids is 1. The van der Waals surface area contributed by atoms with Crippen LogP contribution < -0.4 is 5.32 Å². The third kappa shape index (κ3) is 4.40. The fourth-order valence-electron chi connectivity index (χ4n) is 6.19. The average Bonchev–Trinajstić information content (AvgIpc) is 3.54. The molecule has 0 spiro atoms. The highest BCUT2D eigenvalue weighted by Gasteiger charge is 2.48. The second kappa shape index (κ2) is 9.36. The molecule has 2 aromatic rings. The zero-order valence-corrected chi connectivity index (χ0v) is 20.0. The Kier molecular flexibility index (Phi) is 6.26. The van der Waals surface area contributed by atoms with E-state index in [4.69, 9.17) is 4.74 Å². The second-order valence-corrected chi connectivity index (χ2v) is 10.3. The quantitative estimate of drug-likeness (QED) is 0.644. The van der Waals surface area contributed by atoms with Gasteiger partial charge in [0.05, 0.1) is 6.42 Å². The number of benzene rings is 2. The van der Waals surface area contributed by atoms with Gasteiger partial charge in [-0.1, -0.05) is 68.3 Å². The van der Waals surface area contributed by atoms with Crippen LogP contribution in [-0.4, -0.2) is 53.2 Å². The molecule has 2 N–H and O–H groups in total. The van der Waals surface area contributed by atoms with Gasteiger partial charge in [0.2, 0.25) is 5.91 Å². The van der Waals surface area contributed by atoms with Gasteiger partial charge in [-0.3, -0.25) is 9.59 Å². The zero-order valence-electron chi connectivity index (χ0n) is 20.0. The van der Waals surface area contributed by atoms with Crippen LogP contribution in [0.25, 0.3) is 11.1 Å². The molecular weight excluding hydrogens is 444 g/mol. The molecule has 2 atom stereocenters. The number of rotatable bonds is 6. The van der Waals surface area contributed by atoms with Gasteiger partial charge in [0.15, 0.2) is 0 Å². The first-order valence-corrected chi connectivity index (χ1v) is 12.5. The first-order chi connectivity index (χ1) is 16.9. The lowest BCUT2D eigenvalue weighted by Crippen LogP contribution is -2.58. The Balaban J connectivity index is 1.26. The molecule has 3 aliphatic rings. The maximum Gasteiger partial charge on any atom is 0.408 e. The smallest absolute Gasteiger partial charge is 0.408 e. The molecule has 1 aliphatic heterocycles. The van der Waals surface area contributed by atoms with Gasteiger partial charge >= 0.3 is 12.1 Å². The number of hydrogen-bond donors (Lipinski definition) is 2. The van der Waals surface area contributed by atoms with E-state index in [9.17, 15) is 19.5 Å². The van der Waals surface area contributed by atoms with Gasteiger partial charge in [-0.05, 0) is 46.9 Å². The minimum absolute atomic E-state index is 0.0420. The summed E-state index contributed by atoms with van der Waals surface area (Å²) in [7, 11) is 0. The summed E-state index contributed by atoms with van der Waals surface area (Å²) in [5.74, 6) is -0.946. The predicted octanol–water partition coefficient (Wildman–Crippen LogP) is 4.41. The number of aliphatic carboxylic acids is 1. The van der Waals surface area contributed by atoms with Gasteiger partial charge < -0.3 is 20.1 Å². The van der Waals surface area contributed by atoms with Crippen molar-refractivity contribution < 1.29 is 24.2 Å². The molecule has 2 amide bonds. The van der Waals surface area contributed by atoms with Crippen LogP contribution in [0.2, 0.25) is 0 Å². The van der Waals surface area contributed by atoms with E-state index in [1.165, 1.54) is 11.1 Å². The van der Waals surface area contributed by atoms with Crippen LogP contribution in [0.3, 0.4) is 0 Å². The second-order valence-electron chi connectivity index (χ2n) is 10.3. The Morgan fingerprint density at radius 3 is 2.20 bits per heavy atom. The van der Waals surface area contributed by atoms with Gasteiger partial charge in [0.25, 0.3) is 0 Å². The van der Waals surface area contributed by atoms with E-state index >= 15 is 0 Å². The molecule has 2 aromatic carbocycles. The molecule has 1 saturated heterocycles. The first-order valence-electron chi connectivity index (χ1n) is 12.5. The van der Waals surface area contributed by atoms with Gasteiger partial charge in [0, 0.05) is 19.0 Å². The Bertz CT molecular complexity index is 1090. The third-order valence-electron chi connectivity index (χ3n) is 8.04. The summed E-state index contributed by atoms with van der Waals surface area (Å²) < 4.78 is 5.74. The van der Waals surface area contributed by atoms with Crippen molar-refractivity contribution in [3.8, 4) is 11.1 Å². The van der Waals surface area contributed by atoms with E-state index in [0.717, 1.165) is 24.0 Å². The van der Waals surface area contributed by atoms with Crippen molar-refractivity contribution in [2.45, 2.75) is 50.5 Å². The van der Waals surface area contributed by atoms with E-state index in [-0.39, 0.29) is 36.7 Å². The van der Waals surface area contributed by atoms with Crippen LogP contribution in [0.1, 0.15) is 56.1 Å². The van der Waals surface area contributed by atoms with E-state index < -0.39 is 17.6 Å². The third-order valence-corrected chi connectivity index (χ3v) is 8.04. The van der Waals surface area contributed by atoms with E-state index in [2.05, 4.69) is 29.6 Å². The lowest BCUT2D eigenvalue weighted by atomic mass is 9.95. The van der Waals surface area contributed by atoms with Crippen LogP contribution >= 0.6 is 0 Å². The van der Waals surface area contributed by atoms with E-state index in [0.29, 0.717) is 25.9 Å². The summed E-state index contributed by atoms with van der Waals surface area (Å²) in [6.07, 6.45) is 2.35. The van der Waals surface area contributed by atoms with Crippen molar-refractivity contribution >= 4 is 18.0 Å². The highest BCUT2D eigenvalue weighted by molar-refractivity contribution is 5.90. The molecule has 2 unspecified atom stereocenters. The molecule has 7 nitrogen and oxygen atoms in total. The molecule has 1 heterocycles. The largest absolute Gasteiger partial charge is 0.481 e. The number of nitrogens with one attached hydrogen (secondary N) is 1. The molecule has 2 aliphatic carbocycles. The molecule has 0 radical (unpaired) electrons. The van der Waals surface area contributed by atoms with Gasteiger partial charge in [-0.2, -0.15) is 0 Å². The summed E-state index contributed by atoms with van der Waals surface area (Å²) >= 11 is 0. The Morgan fingerprint density at radius 1 is 1.00 bits per heavy atom. The lowest BCUT2D eigenvalue weighted by Gasteiger charge is -2.33. The number of ether oxygens (including phenoxy) is 1. The van der Waals surface area contributed by atoms with Gasteiger partial charge in [0.1, 0.15) is 12.1 Å². The zero-order chi connectivity index (χ0) is 24.6. The summed E-state index contributed by atoms with van der Waals surface area (Å²) in [6.45, 7) is 3.12. The monoisotopic (exact) mass is 476 g/mol. The molecule has 184 valence electrons. The van der Waals surface area contributed by atoms with Crippen LogP contribution in [-0.2, 0) is 14.3 Å². The Morgan fingerprint density at radius 2 is 1.60 bits per heavy atom. The molecular formula is C28H32N2O5. The van der Waals surface area contributed by atoms with Crippen molar-refractivity contribution in [1.82, 2.24) is 10.2 Å². The Labute approximate surface area is 205 Å². The topological polar surface area (TPSA) is 95.9 Å². The number of hydrogen-bond acceptors (Lipinski definition) is 4. The standard InChI is InChI=1S/C28H32N2O5/c1-18-15-30(16-19(18)14-25(31)32)26(33)28(12-6-7-13-28)29-27(34)35-17-24-22-10-4-2-8-20(22)21-9-3-5-11-23(21)24/h2-5,8-11,18-19,24H,6-7,12-17H2,1H3,(H,29,34)(H,31,32). The van der Waals surface area contributed by atoms with Crippen molar-refractivity contribution in [1.29, 1.82) is 0 Å². The highest BCUT2D eigenvalue weighted by Crippen LogP contribution is 2.44. The van der Waals surface area contributed by atoms with Crippen LogP contribution in [0.15, 0.2) is 48.5 Å². The van der Waals surface area contributed by atoms with Crippen LogP contribution in [0, 0.1) is 11.8 Å². The predicted molar refractivity (Wildman–Crippen MR) is 131 cm³/mol. The fraction of sp³-hybridized carbons (Fsp3) is 0.464. The normalized spacial score (nSPS) is 22.5. The summed E-state index contributed by atoms with van der Waals surface area (Å²) in [5, 5.41) is 12.1. The molecule has 35 heavy (non-hydrogen) atoms. The number of carboxylic acid groups (broad SMARTS) is 1. The molecule has 0 aromatic heterocycles. The number of alkyl carbamates (subject to hydrolysis) is 1. The lowest BCUT2D eigenvalue weighted by molar-refractivity contribution is -0.139. The maximum atomic E-state index is 13.6. The first kappa shape index (κ1) is 23.4. The average molecular weight is 477 g/mol. The van der Waals surface area contributed by atoms with Crippen molar-refractivity contribution in [2.24, 2.45) is 11.8 Å². The number of carbonyl (C=O) groups excluding carboxylic acids is 2. The van der Waals surface area contributed by atoms with Crippen molar-refractivity contribution in [2.75, 3.05) is 19.7 Å². The summed E-state index contributed by atoms with van der Waals surface area (Å²) in [6, 6.07) is 16.4. The minimum Gasteiger partial charge on any atom is -0.481 e. The summed E-state index contributed by atoms with van der Waals surface area (Å²) in [4.78, 5) is 39.5. The Hall–Kier alpha value is -3.35. The number of carbonyl (C=O) groups is 3. The molecule has 2 fully saturated rings. The number of likely N-dealkylation sites (tertiary alicyclic amines) is 1. The van der Waals surface area contributed by atoms with E-state index in [1.807, 2.05) is 31.2 Å². The number of amides is 2. The molecule has 1 saturated carbocycles. The maximum absolute atomic E-state index is 13.6. The van der Waals surface area contributed by atoms with E-state index in [1.54, 1.807) is 4.90 Å². The number of fused-ring (bicyclic) bond motifs is 3.